The molecule has 21 heavy (non-hydrogen) atoms. The molecule has 2 aliphatic rings. The number of ketones is 2. The summed E-state index contributed by atoms with van der Waals surface area (Å²) in [4.78, 5) is 38.6. The number of allylic oxidation sites excluding steroid dienone is 1. The zero-order valence-corrected chi connectivity index (χ0v) is 12.7. The molecule has 1 saturated heterocycles. The molecule has 0 amide bonds. The first-order valence-corrected chi connectivity index (χ1v) is 7.05. The Morgan fingerprint density at radius 1 is 1.33 bits per heavy atom. The second kappa shape index (κ2) is 5.97. The number of hydrogen-bond donors (Lipinski definition) is 0. The van der Waals surface area contributed by atoms with E-state index >= 15 is 0 Å². The lowest BCUT2D eigenvalue weighted by molar-refractivity contribution is -0.155. The van der Waals surface area contributed by atoms with Crippen molar-refractivity contribution in [3.8, 4) is 0 Å². The van der Waals surface area contributed by atoms with Crippen LogP contribution in [-0.2, 0) is 23.9 Å². The Balaban J connectivity index is 2.29. The van der Waals surface area contributed by atoms with Crippen LogP contribution in [0.3, 0.4) is 0 Å². The van der Waals surface area contributed by atoms with E-state index in [2.05, 4.69) is 0 Å². The van der Waals surface area contributed by atoms with Crippen molar-refractivity contribution in [3.05, 3.63) is 11.8 Å². The second-order valence-corrected chi connectivity index (χ2v) is 6.10. The molecule has 2 rings (SSSR count). The summed E-state index contributed by atoms with van der Waals surface area (Å²) in [5.74, 6) is -2.15. The van der Waals surface area contributed by atoms with Crippen LogP contribution < -0.4 is 0 Å². The van der Waals surface area contributed by atoms with Crippen LogP contribution in [-0.4, -0.2) is 55.8 Å². The minimum absolute atomic E-state index is 0.103. The smallest absolute Gasteiger partial charge is 0.317 e. The summed E-state index contributed by atoms with van der Waals surface area (Å²) in [5.41, 5.74) is -0.615. The summed E-state index contributed by atoms with van der Waals surface area (Å²) in [6.07, 6.45) is 1.74. The SMILES string of the molecule is COC(=O)[C@H]1C(=O)C(=CN2CCOCC2)C(=O)CC1(C)C. The van der Waals surface area contributed by atoms with Gasteiger partial charge in [0.05, 0.1) is 25.9 Å². The first kappa shape index (κ1) is 15.7. The van der Waals surface area contributed by atoms with Gasteiger partial charge in [0.25, 0.3) is 0 Å². The number of carbonyl (C=O) groups excluding carboxylic acids is 3. The highest BCUT2D eigenvalue weighted by molar-refractivity contribution is 6.27. The first-order chi connectivity index (χ1) is 9.86. The molecule has 116 valence electrons. The molecule has 0 aromatic rings. The summed E-state index contributed by atoms with van der Waals surface area (Å²) in [6, 6.07) is 0. The van der Waals surface area contributed by atoms with Crippen LogP contribution in [0.2, 0.25) is 0 Å². The van der Waals surface area contributed by atoms with E-state index in [1.807, 2.05) is 4.90 Å². The fourth-order valence-corrected chi connectivity index (χ4v) is 2.83. The van der Waals surface area contributed by atoms with Gasteiger partial charge in [0.1, 0.15) is 5.92 Å². The number of hydrogen-bond acceptors (Lipinski definition) is 6. The van der Waals surface area contributed by atoms with Crippen LogP contribution in [0.1, 0.15) is 20.3 Å². The molecule has 6 nitrogen and oxygen atoms in total. The second-order valence-electron chi connectivity index (χ2n) is 6.10. The summed E-state index contributed by atoms with van der Waals surface area (Å²) in [7, 11) is 1.26. The van der Waals surface area contributed by atoms with Gasteiger partial charge in [-0.2, -0.15) is 0 Å². The fraction of sp³-hybridized carbons (Fsp3) is 0.667. The van der Waals surface area contributed by atoms with Gasteiger partial charge in [-0.05, 0) is 5.41 Å². The van der Waals surface area contributed by atoms with Crippen LogP contribution in [0.5, 0.6) is 0 Å². The van der Waals surface area contributed by atoms with Gasteiger partial charge in [-0.25, -0.2) is 0 Å². The van der Waals surface area contributed by atoms with Gasteiger partial charge in [0.15, 0.2) is 11.6 Å². The highest BCUT2D eigenvalue weighted by Crippen LogP contribution is 2.39. The largest absolute Gasteiger partial charge is 0.468 e. The molecular weight excluding hydrogens is 274 g/mol. The maximum atomic E-state index is 12.6. The van der Waals surface area contributed by atoms with E-state index in [0.717, 1.165) is 0 Å². The quantitative estimate of drug-likeness (QED) is 0.321. The molecule has 6 heteroatoms. The van der Waals surface area contributed by atoms with Crippen LogP contribution in [0.15, 0.2) is 11.8 Å². The number of esters is 1. The minimum atomic E-state index is -0.924. The normalized spacial score (nSPS) is 27.9. The molecule has 1 heterocycles. The fourth-order valence-electron chi connectivity index (χ4n) is 2.83. The number of carbonyl (C=O) groups is 3. The maximum Gasteiger partial charge on any atom is 0.317 e. The van der Waals surface area contributed by atoms with Crippen molar-refractivity contribution in [3.63, 3.8) is 0 Å². The van der Waals surface area contributed by atoms with E-state index in [9.17, 15) is 14.4 Å². The van der Waals surface area contributed by atoms with Crippen molar-refractivity contribution in [2.24, 2.45) is 11.3 Å². The molecular formula is C15H21NO5. The van der Waals surface area contributed by atoms with Gasteiger partial charge >= 0.3 is 5.97 Å². The molecule has 0 N–H and O–H groups in total. The third kappa shape index (κ3) is 3.15. The Kier molecular flexibility index (Phi) is 4.46. The Morgan fingerprint density at radius 3 is 2.52 bits per heavy atom. The zero-order valence-electron chi connectivity index (χ0n) is 12.7. The van der Waals surface area contributed by atoms with E-state index in [1.54, 1.807) is 20.0 Å². The molecule has 1 saturated carbocycles. The minimum Gasteiger partial charge on any atom is -0.468 e. The highest BCUT2D eigenvalue weighted by Gasteiger charge is 2.49. The van der Waals surface area contributed by atoms with E-state index in [0.29, 0.717) is 26.3 Å². The number of nitrogens with zero attached hydrogens (tertiary/aromatic N) is 1. The van der Waals surface area contributed by atoms with Crippen LogP contribution in [0.4, 0.5) is 0 Å². The molecule has 0 bridgehead atoms. The van der Waals surface area contributed by atoms with E-state index in [4.69, 9.17) is 9.47 Å². The standard InChI is InChI=1S/C15H21NO5/c1-15(2)8-11(17)10(9-16-4-6-21-7-5-16)13(18)12(15)14(19)20-3/h9,12H,4-8H2,1-3H3/t12-/m1/s1. The molecule has 0 radical (unpaired) electrons. The summed E-state index contributed by atoms with van der Waals surface area (Å²) in [6.45, 7) is 5.90. The van der Waals surface area contributed by atoms with E-state index < -0.39 is 23.1 Å². The average Bonchev–Trinajstić information content (AvgIpc) is 2.43. The number of ether oxygens (including phenoxy) is 2. The predicted octanol–water partition coefficient (Wildman–Crippen LogP) is 0.560. The average molecular weight is 295 g/mol. The van der Waals surface area contributed by atoms with Gasteiger partial charge in [-0.1, -0.05) is 13.8 Å². The van der Waals surface area contributed by atoms with Crippen molar-refractivity contribution in [1.82, 2.24) is 4.90 Å². The lowest BCUT2D eigenvalue weighted by Gasteiger charge is -2.36. The monoisotopic (exact) mass is 295 g/mol. The molecule has 0 aromatic carbocycles. The summed E-state index contributed by atoms with van der Waals surface area (Å²) in [5, 5.41) is 0. The van der Waals surface area contributed by atoms with Gasteiger partial charge in [0.2, 0.25) is 0 Å². The first-order valence-electron chi connectivity index (χ1n) is 7.05. The van der Waals surface area contributed by atoms with Crippen molar-refractivity contribution in [1.29, 1.82) is 0 Å². The van der Waals surface area contributed by atoms with Crippen LogP contribution in [0, 0.1) is 11.3 Å². The predicted molar refractivity (Wildman–Crippen MR) is 74.4 cm³/mol. The Labute approximate surface area is 124 Å². The number of methoxy groups -OCH3 is 1. The van der Waals surface area contributed by atoms with E-state index in [-0.39, 0.29) is 17.8 Å². The molecule has 1 aliphatic carbocycles. The van der Waals surface area contributed by atoms with Crippen molar-refractivity contribution >= 4 is 17.5 Å². The van der Waals surface area contributed by atoms with Gasteiger partial charge in [0, 0.05) is 25.7 Å². The molecule has 0 unspecified atom stereocenters. The third-order valence-corrected chi connectivity index (χ3v) is 4.02. The summed E-state index contributed by atoms with van der Waals surface area (Å²) < 4.78 is 9.97. The van der Waals surface area contributed by atoms with E-state index in [1.165, 1.54) is 7.11 Å². The van der Waals surface area contributed by atoms with Crippen molar-refractivity contribution in [2.45, 2.75) is 20.3 Å². The molecule has 2 fully saturated rings. The van der Waals surface area contributed by atoms with Gasteiger partial charge < -0.3 is 14.4 Å². The molecule has 1 atom stereocenters. The van der Waals surface area contributed by atoms with Crippen molar-refractivity contribution in [2.75, 3.05) is 33.4 Å². The zero-order chi connectivity index (χ0) is 15.6. The maximum absolute atomic E-state index is 12.6. The Hall–Kier alpha value is -1.69. The third-order valence-electron chi connectivity index (χ3n) is 4.02. The number of Topliss-reactive ketones (excluding diaryl/α,β-unsaturated/α-hetero) is 2. The lowest BCUT2D eigenvalue weighted by atomic mass is 9.66. The lowest BCUT2D eigenvalue weighted by Crippen LogP contribution is -2.46. The van der Waals surface area contributed by atoms with Crippen molar-refractivity contribution < 1.29 is 23.9 Å². The van der Waals surface area contributed by atoms with Crippen LogP contribution >= 0.6 is 0 Å². The number of morpholine rings is 1. The summed E-state index contributed by atoms with van der Waals surface area (Å²) >= 11 is 0. The van der Waals surface area contributed by atoms with Crippen LogP contribution in [0.25, 0.3) is 0 Å². The highest BCUT2D eigenvalue weighted by atomic mass is 16.5. The Morgan fingerprint density at radius 2 is 1.95 bits per heavy atom. The van der Waals surface area contributed by atoms with Gasteiger partial charge in [-0.15, -0.1) is 0 Å². The molecule has 0 aromatic heterocycles. The topological polar surface area (TPSA) is 72.9 Å². The molecule has 0 spiro atoms. The number of rotatable bonds is 2. The Bertz CT molecular complexity index is 488. The molecule has 1 aliphatic heterocycles. The van der Waals surface area contributed by atoms with Gasteiger partial charge in [-0.3, -0.25) is 14.4 Å².